The highest BCUT2D eigenvalue weighted by Gasteiger charge is 2.52. The lowest BCUT2D eigenvalue weighted by molar-refractivity contribution is 0.0624. The van der Waals surface area contributed by atoms with Gasteiger partial charge in [0, 0.05) is 19.0 Å². The standard InChI is InChI=1S/C11H12N2/c1-2-4-10-8(3-1)9-5-6-12-7-11(9)13(10)12/h1-4,9,11H,5-7H2. The van der Waals surface area contributed by atoms with Crippen molar-refractivity contribution < 1.29 is 0 Å². The highest BCUT2D eigenvalue weighted by atomic mass is 15.7. The summed E-state index contributed by atoms with van der Waals surface area (Å²) in [6, 6.07) is 9.71. The van der Waals surface area contributed by atoms with Crippen LogP contribution >= 0.6 is 0 Å². The zero-order valence-corrected chi connectivity index (χ0v) is 7.48. The van der Waals surface area contributed by atoms with Gasteiger partial charge in [-0.1, -0.05) is 18.2 Å². The van der Waals surface area contributed by atoms with Gasteiger partial charge in [-0.25, -0.2) is 5.01 Å². The first-order valence-corrected chi connectivity index (χ1v) is 5.08. The van der Waals surface area contributed by atoms with Gasteiger partial charge in [0.25, 0.3) is 0 Å². The maximum atomic E-state index is 2.50. The summed E-state index contributed by atoms with van der Waals surface area (Å²) in [5.74, 6) is 0.834. The topological polar surface area (TPSA) is 6.48 Å². The first-order chi connectivity index (χ1) is 6.45. The van der Waals surface area contributed by atoms with Gasteiger partial charge in [0.1, 0.15) is 0 Å². The molecule has 3 atom stereocenters. The first-order valence-electron chi connectivity index (χ1n) is 5.08. The van der Waals surface area contributed by atoms with Crippen LogP contribution in [0.4, 0.5) is 5.69 Å². The molecule has 66 valence electrons. The lowest BCUT2D eigenvalue weighted by atomic mass is 9.87. The second-order valence-corrected chi connectivity index (χ2v) is 4.28. The Balaban J connectivity index is 1.97. The molecule has 0 saturated carbocycles. The van der Waals surface area contributed by atoms with E-state index in [-0.39, 0.29) is 0 Å². The van der Waals surface area contributed by atoms with Crippen LogP contribution in [0.3, 0.4) is 0 Å². The molecule has 3 fully saturated rings. The summed E-state index contributed by atoms with van der Waals surface area (Å²) in [6.45, 7) is 2.55. The van der Waals surface area contributed by atoms with E-state index in [4.69, 9.17) is 0 Å². The number of nitrogens with zero attached hydrogens (tertiary/aromatic N) is 2. The van der Waals surface area contributed by atoms with Crippen molar-refractivity contribution in [3.63, 3.8) is 0 Å². The molecule has 4 heterocycles. The monoisotopic (exact) mass is 172 g/mol. The quantitative estimate of drug-likeness (QED) is 0.586. The lowest BCUT2D eigenvalue weighted by Gasteiger charge is -2.54. The Hall–Kier alpha value is -1.02. The molecular formula is C11H12N2. The average molecular weight is 172 g/mol. The molecule has 0 amide bonds. The van der Waals surface area contributed by atoms with Crippen molar-refractivity contribution in [1.29, 1.82) is 0 Å². The molecule has 2 heteroatoms. The minimum atomic E-state index is 0.811. The number of hydrogen-bond acceptors (Lipinski definition) is 2. The van der Waals surface area contributed by atoms with Crippen molar-refractivity contribution in [1.82, 2.24) is 5.01 Å². The maximum Gasteiger partial charge on any atom is 0.0672 e. The van der Waals surface area contributed by atoms with Gasteiger partial charge in [-0.15, -0.1) is 0 Å². The number of hydrogen-bond donors (Lipinski definition) is 0. The predicted octanol–water partition coefficient (Wildman–Crippen LogP) is 1.59. The van der Waals surface area contributed by atoms with Crippen LogP contribution in [0.2, 0.25) is 0 Å². The number of benzene rings is 1. The molecule has 13 heavy (non-hydrogen) atoms. The van der Waals surface area contributed by atoms with Gasteiger partial charge < -0.3 is 5.01 Å². The van der Waals surface area contributed by atoms with Gasteiger partial charge >= 0.3 is 0 Å². The van der Waals surface area contributed by atoms with Gasteiger partial charge in [0.05, 0.1) is 11.7 Å². The smallest absolute Gasteiger partial charge is 0.0672 e. The van der Waals surface area contributed by atoms with Crippen LogP contribution in [0.15, 0.2) is 24.3 Å². The van der Waals surface area contributed by atoms with Gasteiger partial charge in [0.2, 0.25) is 0 Å². The number of piperidine rings is 1. The summed E-state index contributed by atoms with van der Waals surface area (Å²) in [6.07, 6.45) is 1.36. The number of para-hydroxylation sites is 1. The Kier molecular flexibility index (Phi) is 0.942. The van der Waals surface area contributed by atoms with Crippen LogP contribution < -0.4 is 5.01 Å². The fourth-order valence-electron chi connectivity index (χ4n) is 3.18. The second kappa shape index (κ2) is 1.90. The molecule has 3 saturated heterocycles. The summed E-state index contributed by atoms with van der Waals surface area (Å²) >= 11 is 0. The second-order valence-electron chi connectivity index (χ2n) is 4.28. The Labute approximate surface area is 77.7 Å². The third kappa shape index (κ3) is 0.583. The van der Waals surface area contributed by atoms with Crippen LogP contribution in [0.25, 0.3) is 0 Å². The van der Waals surface area contributed by atoms with Gasteiger partial charge in [0.15, 0.2) is 0 Å². The summed E-state index contributed by atoms with van der Waals surface area (Å²) < 4.78 is 0. The maximum absolute atomic E-state index is 2.50. The Morgan fingerprint density at radius 2 is 2.15 bits per heavy atom. The molecule has 4 bridgehead atoms. The number of fused-ring (bicyclic) bond motifs is 2. The predicted molar refractivity (Wildman–Crippen MR) is 51.6 cm³/mol. The molecule has 0 spiro atoms. The third-order valence-corrected chi connectivity index (χ3v) is 3.76. The van der Waals surface area contributed by atoms with E-state index in [1.54, 1.807) is 5.56 Å². The molecule has 0 radical (unpaired) electrons. The van der Waals surface area contributed by atoms with E-state index in [0.717, 1.165) is 12.0 Å². The summed E-state index contributed by atoms with van der Waals surface area (Å²) in [7, 11) is 0. The molecule has 1 aromatic rings. The van der Waals surface area contributed by atoms with Crippen molar-refractivity contribution in [2.45, 2.75) is 18.4 Å². The Morgan fingerprint density at radius 3 is 3.08 bits per heavy atom. The molecule has 0 aromatic heterocycles. The van der Waals surface area contributed by atoms with Gasteiger partial charge in [-0.05, 0) is 18.1 Å². The first kappa shape index (κ1) is 6.44. The third-order valence-electron chi connectivity index (χ3n) is 3.76. The average Bonchev–Trinajstić information content (AvgIpc) is 2.33. The van der Waals surface area contributed by atoms with Gasteiger partial charge in [-0.2, -0.15) is 0 Å². The lowest BCUT2D eigenvalue weighted by Crippen LogP contribution is -2.67. The molecule has 2 nitrogen and oxygen atoms in total. The van der Waals surface area contributed by atoms with E-state index in [0.29, 0.717) is 0 Å². The van der Waals surface area contributed by atoms with E-state index < -0.39 is 0 Å². The van der Waals surface area contributed by atoms with Crippen LogP contribution in [0.5, 0.6) is 0 Å². The number of rotatable bonds is 0. The summed E-state index contributed by atoms with van der Waals surface area (Å²) in [5, 5.41) is 4.98. The van der Waals surface area contributed by atoms with E-state index in [1.165, 1.54) is 25.2 Å². The normalized spacial score (nSPS) is 38.5. The molecule has 0 N–H and O–H groups in total. The zero-order valence-electron chi connectivity index (χ0n) is 7.48. The minimum absolute atomic E-state index is 0.811. The van der Waals surface area contributed by atoms with Crippen molar-refractivity contribution in [3.8, 4) is 0 Å². The zero-order chi connectivity index (χ0) is 8.41. The fraction of sp³-hybridized carbons (Fsp3) is 0.455. The fourth-order valence-corrected chi connectivity index (χ4v) is 3.18. The van der Waals surface area contributed by atoms with E-state index in [1.807, 2.05) is 0 Å². The highest BCUT2D eigenvalue weighted by molar-refractivity contribution is 5.64. The molecule has 4 aliphatic rings. The van der Waals surface area contributed by atoms with Crippen molar-refractivity contribution in [3.05, 3.63) is 29.8 Å². The molecule has 4 aliphatic heterocycles. The molecule has 1 aromatic carbocycles. The van der Waals surface area contributed by atoms with Crippen molar-refractivity contribution >= 4 is 5.69 Å². The van der Waals surface area contributed by atoms with Crippen LogP contribution in [0, 0.1) is 0 Å². The molecule has 0 aliphatic carbocycles. The minimum Gasteiger partial charge on any atom is -0.300 e. The van der Waals surface area contributed by atoms with Crippen LogP contribution in [0.1, 0.15) is 17.9 Å². The molecular weight excluding hydrogens is 160 g/mol. The molecule has 3 unspecified atom stereocenters. The van der Waals surface area contributed by atoms with Crippen LogP contribution in [-0.2, 0) is 0 Å². The van der Waals surface area contributed by atoms with E-state index in [2.05, 4.69) is 34.3 Å². The molecule has 5 rings (SSSR count). The summed E-state index contributed by atoms with van der Waals surface area (Å²) in [5.41, 5.74) is 3.06. The van der Waals surface area contributed by atoms with E-state index >= 15 is 0 Å². The SMILES string of the molecule is c1ccc2c(c1)C1CCN3CC1N23. The number of hydrazine groups is 1. The Morgan fingerprint density at radius 1 is 1.23 bits per heavy atom. The van der Waals surface area contributed by atoms with Crippen LogP contribution in [-0.4, -0.2) is 24.1 Å². The van der Waals surface area contributed by atoms with E-state index in [9.17, 15) is 0 Å². The highest BCUT2D eigenvalue weighted by Crippen LogP contribution is 2.51. The van der Waals surface area contributed by atoms with Crippen molar-refractivity contribution in [2.24, 2.45) is 0 Å². The van der Waals surface area contributed by atoms with Crippen molar-refractivity contribution in [2.75, 3.05) is 18.1 Å². The van der Waals surface area contributed by atoms with Gasteiger partial charge in [-0.3, -0.25) is 0 Å². The number of anilines is 1. The summed E-state index contributed by atoms with van der Waals surface area (Å²) in [4.78, 5) is 0. The largest absolute Gasteiger partial charge is 0.300 e. The Bertz CT molecular complexity index is 347.